The maximum absolute atomic E-state index is 12.6. The van der Waals surface area contributed by atoms with Crippen LogP contribution < -0.4 is 10.6 Å². The average molecular weight is 400 g/mol. The van der Waals surface area contributed by atoms with Crippen molar-refractivity contribution in [3.63, 3.8) is 0 Å². The summed E-state index contributed by atoms with van der Waals surface area (Å²) in [6.07, 6.45) is 3.00. The predicted molar refractivity (Wildman–Crippen MR) is 101 cm³/mol. The van der Waals surface area contributed by atoms with E-state index in [1.54, 1.807) is 42.7 Å². The third kappa shape index (κ3) is 3.65. The summed E-state index contributed by atoms with van der Waals surface area (Å²) in [5, 5.41) is 4.09. The van der Waals surface area contributed by atoms with Gasteiger partial charge in [-0.2, -0.15) is 15.1 Å². The first-order chi connectivity index (χ1) is 13.3. The molecule has 0 fully saturated rings. The highest BCUT2D eigenvalue weighted by atomic mass is 31.2. The molecule has 0 saturated carbocycles. The molecule has 4 N–H and O–H groups in total. The molecule has 11 heteroatoms. The number of nitrogens with zero attached hydrogens (tertiary/aromatic N) is 5. The molecular weight excluding hydrogens is 383 g/mol. The number of hydrogen-bond donors (Lipinski definition) is 3. The Morgan fingerprint density at radius 2 is 1.96 bits per heavy atom. The number of hydrogen-bond acceptors (Lipinski definition) is 6. The average Bonchev–Trinajstić information content (AvgIpc) is 3.24. The third-order valence-electron chi connectivity index (χ3n) is 4.32. The van der Waals surface area contributed by atoms with Gasteiger partial charge in [-0.05, 0) is 17.2 Å². The van der Waals surface area contributed by atoms with Crippen LogP contribution in [-0.4, -0.2) is 35.4 Å². The third-order valence-corrected chi connectivity index (χ3v) is 5.10. The van der Waals surface area contributed by atoms with E-state index in [1.165, 1.54) is 9.58 Å². The van der Waals surface area contributed by atoms with Crippen LogP contribution in [0.15, 0.2) is 42.7 Å². The van der Waals surface area contributed by atoms with E-state index < -0.39 is 7.60 Å². The van der Waals surface area contributed by atoms with E-state index in [0.29, 0.717) is 16.9 Å². The second-order valence-electron chi connectivity index (χ2n) is 6.46. The molecule has 1 aliphatic heterocycles. The highest BCUT2D eigenvalue weighted by Crippen LogP contribution is 2.39. The van der Waals surface area contributed by atoms with E-state index in [-0.39, 0.29) is 36.8 Å². The molecule has 3 heterocycles. The van der Waals surface area contributed by atoms with Crippen LogP contribution in [0.1, 0.15) is 16.7 Å². The normalized spacial score (nSPS) is 13.8. The monoisotopic (exact) mass is 400 g/mol. The molecule has 0 spiro atoms. The molecule has 0 aliphatic carbocycles. The molecule has 1 aliphatic rings. The number of carbonyl (C=O) groups excluding carboxylic acids is 1. The Bertz CT molecular complexity index is 1100. The first kappa shape index (κ1) is 18.3. The van der Waals surface area contributed by atoms with E-state index in [2.05, 4.69) is 15.1 Å². The van der Waals surface area contributed by atoms with Gasteiger partial charge in [-0.1, -0.05) is 24.3 Å². The standard InChI is InChI=1S/C17H17N6O4P/c18-15-13-8-14(24)22(16(13)21-17(20-15)23-6-2-5-19-23)9-11-3-1-4-12(7-11)10-28(25,26)27/h1-7H,8-10H2,(H2,18,20,21)(H2,25,26,27). The second kappa shape index (κ2) is 6.83. The molecule has 0 atom stereocenters. The zero-order valence-corrected chi connectivity index (χ0v) is 15.5. The maximum atomic E-state index is 12.6. The van der Waals surface area contributed by atoms with Gasteiger partial charge in [-0.15, -0.1) is 0 Å². The van der Waals surface area contributed by atoms with Gasteiger partial charge in [-0.3, -0.25) is 14.3 Å². The van der Waals surface area contributed by atoms with Gasteiger partial charge in [0, 0.05) is 18.0 Å². The Morgan fingerprint density at radius 1 is 1.18 bits per heavy atom. The minimum Gasteiger partial charge on any atom is -0.383 e. The van der Waals surface area contributed by atoms with Crippen molar-refractivity contribution < 1.29 is 19.1 Å². The van der Waals surface area contributed by atoms with Gasteiger partial charge in [0.05, 0.1) is 19.1 Å². The molecule has 1 aromatic carbocycles. The van der Waals surface area contributed by atoms with Crippen LogP contribution in [0.2, 0.25) is 0 Å². The Labute approximate surface area is 159 Å². The Kier molecular flexibility index (Phi) is 4.46. The minimum atomic E-state index is -4.18. The van der Waals surface area contributed by atoms with Crippen molar-refractivity contribution in [3.8, 4) is 5.95 Å². The Morgan fingerprint density at radius 3 is 2.68 bits per heavy atom. The van der Waals surface area contributed by atoms with Crippen LogP contribution in [0.3, 0.4) is 0 Å². The van der Waals surface area contributed by atoms with Crippen LogP contribution in [0.5, 0.6) is 0 Å². The van der Waals surface area contributed by atoms with Crippen molar-refractivity contribution in [3.05, 3.63) is 59.4 Å². The van der Waals surface area contributed by atoms with E-state index >= 15 is 0 Å². The summed E-state index contributed by atoms with van der Waals surface area (Å²) in [5.74, 6) is 0.732. The van der Waals surface area contributed by atoms with Crippen LogP contribution in [0.4, 0.5) is 11.6 Å². The highest BCUT2D eigenvalue weighted by molar-refractivity contribution is 7.50. The smallest absolute Gasteiger partial charge is 0.329 e. The van der Waals surface area contributed by atoms with Gasteiger partial charge in [0.25, 0.3) is 5.95 Å². The molecule has 0 bridgehead atoms. The van der Waals surface area contributed by atoms with Crippen LogP contribution in [-0.2, 0) is 28.5 Å². The molecular formula is C17H17N6O4P. The predicted octanol–water partition coefficient (Wildman–Crippen LogP) is 1.01. The summed E-state index contributed by atoms with van der Waals surface area (Å²) in [5.41, 5.74) is 7.82. The van der Waals surface area contributed by atoms with Crippen molar-refractivity contribution in [1.29, 1.82) is 0 Å². The molecule has 10 nitrogen and oxygen atoms in total. The maximum Gasteiger partial charge on any atom is 0.329 e. The summed E-state index contributed by atoms with van der Waals surface area (Å²) >= 11 is 0. The quantitative estimate of drug-likeness (QED) is 0.538. The lowest BCUT2D eigenvalue weighted by molar-refractivity contribution is -0.117. The fraction of sp³-hybridized carbons (Fsp3) is 0.176. The van der Waals surface area contributed by atoms with Crippen molar-refractivity contribution in [2.45, 2.75) is 19.1 Å². The van der Waals surface area contributed by atoms with E-state index in [1.807, 2.05) is 0 Å². The molecule has 144 valence electrons. The van der Waals surface area contributed by atoms with Crippen molar-refractivity contribution >= 4 is 25.1 Å². The zero-order chi connectivity index (χ0) is 19.9. The summed E-state index contributed by atoms with van der Waals surface area (Å²) < 4.78 is 12.7. The topological polar surface area (TPSA) is 147 Å². The van der Waals surface area contributed by atoms with Crippen molar-refractivity contribution in [2.24, 2.45) is 0 Å². The van der Waals surface area contributed by atoms with Gasteiger partial charge in [-0.25, -0.2) is 4.68 Å². The van der Waals surface area contributed by atoms with E-state index in [0.717, 1.165) is 5.56 Å². The SMILES string of the molecule is Nc1nc(-n2cccn2)nc2c1CC(=O)N2Cc1cccc(CP(=O)(O)O)c1. The number of carbonyl (C=O) groups is 1. The lowest BCUT2D eigenvalue weighted by Crippen LogP contribution is -2.27. The van der Waals surface area contributed by atoms with Gasteiger partial charge >= 0.3 is 7.60 Å². The summed E-state index contributed by atoms with van der Waals surface area (Å²) in [6, 6.07) is 8.52. The lowest BCUT2D eigenvalue weighted by atomic mass is 10.1. The number of nitrogens with two attached hydrogens (primary N) is 1. The minimum absolute atomic E-state index is 0.0999. The Balaban J connectivity index is 1.67. The van der Waals surface area contributed by atoms with Gasteiger partial charge in [0.2, 0.25) is 5.91 Å². The van der Waals surface area contributed by atoms with Gasteiger partial charge in [0.1, 0.15) is 11.6 Å². The number of fused-ring (bicyclic) bond motifs is 1. The molecule has 28 heavy (non-hydrogen) atoms. The molecule has 1 amide bonds. The first-order valence-electron chi connectivity index (χ1n) is 8.39. The van der Waals surface area contributed by atoms with Crippen LogP contribution in [0.25, 0.3) is 5.95 Å². The van der Waals surface area contributed by atoms with Gasteiger partial charge < -0.3 is 15.5 Å². The molecule has 0 saturated heterocycles. The second-order valence-corrected chi connectivity index (χ2v) is 8.11. The number of aromatic nitrogens is 4. The van der Waals surface area contributed by atoms with Crippen LogP contribution in [0, 0.1) is 0 Å². The fourth-order valence-electron chi connectivity index (χ4n) is 3.13. The molecule has 3 aromatic rings. The number of anilines is 2. The largest absolute Gasteiger partial charge is 0.383 e. The zero-order valence-electron chi connectivity index (χ0n) is 14.6. The molecule has 2 aromatic heterocycles. The van der Waals surface area contributed by atoms with E-state index in [4.69, 9.17) is 5.73 Å². The number of nitrogen functional groups attached to an aromatic ring is 1. The summed E-state index contributed by atoms with van der Waals surface area (Å²) in [7, 11) is -4.18. The fourth-order valence-corrected chi connectivity index (χ4v) is 3.81. The van der Waals surface area contributed by atoms with Crippen LogP contribution >= 0.6 is 7.60 Å². The number of rotatable bonds is 5. The van der Waals surface area contributed by atoms with E-state index in [9.17, 15) is 19.1 Å². The first-order valence-corrected chi connectivity index (χ1v) is 10.2. The Hall–Kier alpha value is -3.07. The number of benzene rings is 1. The summed E-state index contributed by atoms with van der Waals surface area (Å²) in [4.78, 5) is 41.1. The lowest BCUT2D eigenvalue weighted by Gasteiger charge is -2.18. The van der Waals surface area contributed by atoms with Crippen molar-refractivity contribution in [1.82, 2.24) is 19.7 Å². The molecule has 0 unspecified atom stereocenters. The van der Waals surface area contributed by atoms with Crippen molar-refractivity contribution in [2.75, 3.05) is 10.6 Å². The molecule has 4 rings (SSSR count). The van der Waals surface area contributed by atoms with Gasteiger partial charge in [0.15, 0.2) is 0 Å². The highest BCUT2D eigenvalue weighted by Gasteiger charge is 2.32. The molecule has 0 radical (unpaired) electrons. The summed E-state index contributed by atoms with van der Waals surface area (Å²) in [6.45, 7) is 0.204. The number of amides is 1.